The summed E-state index contributed by atoms with van der Waals surface area (Å²) in [4.78, 5) is 27.5. The molecule has 1 aromatic carbocycles. The largest absolute Gasteiger partial charge is 0.465 e. The van der Waals surface area contributed by atoms with Crippen molar-refractivity contribution in [1.82, 2.24) is 19.9 Å². The summed E-state index contributed by atoms with van der Waals surface area (Å²) >= 11 is 0. The van der Waals surface area contributed by atoms with Gasteiger partial charge >= 0.3 is 5.97 Å². The van der Waals surface area contributed by atoms with Crippen LogP contribution >= 0.6 is 0 Å². The third-order valence-electron chi connectivity index (χ3n) is 3.94. The lowest BCUT2D eigenvalue weighted by Gasteiger charge is -2.09. The number of esters is 1. The van der Waals surface area contributed by atoms with E-state index in [-0.39, 0.29) is 17.6 Å². The summed E-state index contributed by atoms with van der Waals surface area (Å²) in [7, 11) is 1.32. The van der Waals surface area contributed by atoms with Gasteiger partial charge in [-0.3, -0.25) is 0 Å². The van der Waals surface area contributed by atoms with Crippen molar-refractivity contribution in [2.45, 2.75) is 26.7 Å². The van der Waals surface area contributed by atoms with E-state index in [0.29, 0.717) is 22.8 Å². The van der Waals surface area contributed by atoms with Crippen molar-refractivity contribution in [2.75, 3.05) is 12.4 Å². The van der Waals surface area contributed by atoms with Gasteiger partial charge in [0.1, 0.15) is 17.2 Å². The lowest BCUT2D eigenvalue weighted by Crippen LogP contribution is -2.04. The molecule has 0 atom stereocenters. The van der Waals surface area contributed by atoms with E-state index >= 15 is 0 Å². The Balaban J connectivity index is 1.96. The summed E-state index contributed by atoms with van der Waals surface area (Å²) < 4.78 is 19.1. The van der Waals surface area contributed by atoms with Crippen LogP contribution in [-0.4, -0.2) is 33.0 Å². The molecule has 0 bridgehead atoms. The number of nitrogens with one attached hydrogen (secondary N) is 2. The van der Waals surface area contributed by atoms with Crippen LogP contribution < -0.4 is 5.32 Å². The van der Waals surface area contributed by atoms with E-state index in [1.54, 1.807) is 24.3 Å². The van der Waals surface area contributed by atoms with Crippen LogP contribution in [0.25, 0.3) is 11.4 Å². The van der Waals surface area contributed by atoms with Gasteiger partial charge in [-0.1, -0.05) is 19.9 Å². The first-order chi connectivity index (χ1) is 12.9. The van der Waals surface area contributed by atoms with Gasteiger partial charge in [0.05, 0.1) is 18.9 Å². The minimum Gasteiger partial charge on any atom is -0.465 e. The predicted molar refractivity (Wildman–Crippen MR) is 99.5 cm³/mol. The van der Waals surface area contributed by atoms with Gasteiger partial charge in [0, 0.05) is 11.4 Å². The number of aromatic amines is 1. The maximum Gasteiger partial charge on any atom is 0.337 e. The van der Waals surface area contributed by atoms with Crippen LogP contribution in [0, 0.1) is 12.7 Å². The second-order valence-electron chi connectivity index (χ2n) is 6.33. The summed E-state index contributed by atoms with van der Waals surface area (Å²) in [6, 6.07) is 6.69. The van der Waals surface area contributed by atoms with Gasteiger partial charge in [-0.15, -0.1) is 0 Å². The van der Waals surface area contributed by atoms with E-state index in [1.807, 2.05) is 20.8 Å². The Morgan fingerprint density at radius 1 is 1.26 bits per heavy atom. The number of H-pyrrole nitrogens is 1. The number of carbonyl (C=O) groups is 1. The van der Waals surface area contributed by atoms with Gasteiger partial charge in [-0.25, -0.2) is 24.1 Å². The van der Waals surface area contributed by atoms with E-state index < -0.39 is 11.8 Å². The summed E-state index contributed by atoms with van der Waals surface area (Å²) in [5, 5.41) is 2.98. The number of imidazole rings is 1. The van der Waals surface area contributed by atoms with Crippen molar-refractivity contribution in [3.05, 3.63) is 53.4 Å². The quantitative estimate of drug-likeness (QED) is 0.661. The molecule has 0 spiro atoms. The summed E-state index contributed by atoms with van der Waals surface area (Å²) in [6.45, 7) is 5.80. The number of aromatic nitrogens is 4. The smallest absolute Gasteiger partial charge is 0.337 e. The number of benzene rings is 1. The number of nitrogens with zero attached hydrogens (tertiary/aromatic N) is 3. The van der Waals surface area contributed by atoms with Crippen molar-refractivity contribution in [3.8, 4) is 11.4 Å². The van der Waals surface area contributed by atoms with Crippen molar-refractivity contribution in [3.63, 3.8) is 0 Å². The van der Waals surface area contributed by atoms with Gasteiger partial charge in [-0.05, 0) is 31.0 Å². The number of aryl methyl sites for hydroxylation is 1. The van der Waals surface area contributed by atoms with Crippen LogP contribution in [-0.2, 0) is 4.74 Å². The van der Waals surface area contributed by atoms with Crippen LogP contribution in [0.2, 0.25) is 0 Å². The van der Waals surface area contributed by atoms with E-state index in [1.165, 1.54) is 7.11 Å². The van der Waals surface area contributed by atoms with Gasteiger partial charge < -0.3 is 15.0 Å². The van der Waals surface area contributed by atoms with Gasteiger partial charge in [0.15, 0.2) is 5.82 Å². The molecule has 0 aliphatic carbocycles. The van der Waals surface area contributed by atoms with Crippen molar-refractivity contribution in [1.29, 1.82) is 0 Å². The van der Waals surface area contributed by atoms with Crippen LogP contribution in [0.4, 0.5) is 16.0 Å². The normalized spacial score (nSPS) is 10.9. The third kappa shape index (κ3) is 3.94. The molecule has 2 N–H and O–H groups in total. The molecule has 3 aromatic rings. The van der Waals surface area contributed by atoms with E-state index in [9.17, 15) is 9.18 Å². The number of rotatable bonds is 5. The molecule has 3 rings (SSSR count). The maximum atomic E-state index is 14.4. The van der Waals surface area contributed by atoms with E-state index in [4.69, 9.17) is 4.74 Å². The molecule has 0 aliphatic heterocycles. The van der Waals surface area contributed by atoms with Gasteiger partial charge in [-0.2, -0.15) is 0 Å². The molecule has 0 radical (unpaired) electrons. The highest BCUT2D eigenvalue weighted by Crippen LogP contribution is 2.28. The number of carbonyl (C=O) groups excluding carboxylic acids is 1. The molecular formula is C19H20FN5O2. The molecular weight excluding hydrogens is 349 g/mol. The Labute approximate surface area is 156 Å². The number of methoxy groups -OCH3 is 1. The molecule has 2 heterocycles. The minimum atomic E-state index is -0.558. The summed E-state index contributed by atoms with van der Waals surface area (Å²) in [6.07, 6.45) is 1.10. The molecule has 27 heavy (non-hydrogen) atoms. The van der Waals surface area contributed by atoms with Crippen molar-refractivity contribution >= 4 is 17.6 Å². The average Bonchev–Trinajstić information content (AvgIpc) is 3.05. The first-order valence-electron chi connectivity index (χ1n) is 8.44. The summed E-state index contributed by atoms with van der Waals surface area (Å²) in [5.41, 5.74) is 2.36. The zero-order chi connectivity index (χ0) is 19.6. The Kier molecular flexibility index (Phi) is 5.16. The molecule has 7 nitrogen and oxygen atoms in total. The minimum absolute atomic E-state index is 0.115. The second-order valence-corrected chi connectivity index (χ2v) is 6.33. The summed E-state index contributed by atoms with van der Waals surface area (Å²) in [5.74, 6) is 0.00434. The Hall–Kier alpha value is -3.29. The monoisotopic (exact) mass is 369 g/mol. The lowest BCUT2D eigenvalue weighted by molar-refractivity contribution is 0.0601. The third-order valence-corrected chi connectivity index (χ3v) is 3.94. The standard InChI is InChI=1S/C19H20FN5O2/c1-10(2)15-17(23-11(3)22-15)16-14(20)9-21-19(25-16)24-13-7-5-6-12(8-13)18(26)27-4/h5-10H,1-4H3,(H,22,23)(H,21,24,25). The van der Waals surface area contributed by atoms with Crippen LogP contribution in [0.3, 0.4) is 0 Å². The fourth-order valence-corrected chi connectivity index (χ4v) is 2.67. The molecule has 0 saturated heterocycles. The van der Waals surface area contributed by atoms with Crippen molar-refractivity contribution in [2.24, 2.45) is 0 Å². The Morgan fingerprint density at radius 3 is 2.74 bits per heavy atom. The molecule has 2 aromatic heterocycles. The van der Waals surface area contributed by atoms with Gasteiger partial charge in [0.25, 0.3) is 0 Å². The van der Waals surface area contributed by atoms with E-state index in [0.717, 1.165) is 11.9 Å². The Morgan fingerprint density at radius 2 is 2.04 bits per heavy atom. The zero-order valence-electron chi connectivity index (χ0n) is 15.5. The molecule has 0 amide bonds. The second kappa shape index (κ2) is 7.53. The van der Waals surface area contributed by atoms with E-state index in [2.05, 4.69) is 25.3 Å². The molecule has 0 unspecified atom stereocenters. The fraction of sp³-hybridized carbons (Fsp3) is 0.263. The van der Waals surface area contributed by atoms with Crippen LogP contribution in [0.15, 0.2) is 30.5 Å². The predicted octanol–water partition coefficient (Wildman–Crippen LogP) is 3.97. The molecule has 8 heteroatoms. The molecule has 0 aliphatic rings. The number of hydrogen-bond acceptors (Lipinski definition) is 6. The lowest BCUT2D eigenvalue weighted by atomic mass is 10.1. The average molecular weight is 369 g/mol. The molecule has 140 valence electrons. The van der Waals surface area contributed by atoms with Crippen LogP contribution in [0.5, 0.6) is 0 Å². The highest BCUT2D eigenvalue weighted by molar-refractivity contribution is 5.90. The first-order valence-corrected chi connectivity index (χ1v) is 8.44. The number of hydrogen-bond donors (Lipinski definition) is 2. The fourth-order valence-electron chi connectivity index (χ4n) is 2.67. The molecule has 0 saturated carbocycles. The SMILES string of the molecule is COC(=O)c1cccc(Nc2ncc(F)c(-c3nc(C)[nH]c3C(C)C)n2)c1. The van der Waals surface area contributed by atoms with Gasteiger partial charge in [0.2, 0.25) is 5.95 Å². The van der Waals surface area contributed by atoms with Crippen molar-refractivity contribution < 1.29 is 13.9 Å². The zero-order valence-corrected chi connectivity index (χ0v) is 15.5. The molecule has 0 fully saturated rings. The van der Waals surface area contributed by atoms with Crippen LogP contribution in [0.1, 0.15) is 41.6 Å². The first kappa shape index (κ1) is 18.5. The number of anilines is 2. The number of halogens is 1. The highest BCUT2D eigenvalue weighted by Gasteiger charge is 2.19. The highest BCUT2D eigenvalue weighted by atomic mass is 19.1. The maximum absolute atomic E-state index is 14.4. The Bertz CT molecular complexity index is 984. The topological polar surface area (TPSA) is 92.8 Å². The number of ether oxygens (including phenoxy) is 1.